The predicted octanol–water partition coefficient (Wildman–Crippen LogP) is 5.65. The lowest BCUT2D eigenvalue weighted by Crippen LogP contribution is -2.06. The molecule has 0 amide bonds. The molecule has 0 saturated heterocycles. The summed E-state index contributed by atoms with van der Waals surface area (Å²) in [6, 6.07) is 23.3. The van der Waals surface area contributed by atoms with Crippen LogP contribution in [-0.2, 0) is 6.42 Å². The van der Waals surface area contributed by atoms with Crippen LogP contribution in [0.4, 0.5) is 0 Å². The smallest absolute Gasteiger partial charge is 0.241 e. The molecule has 3 heterocycles. The van der Waals surface area contributed by atoms with Gasteiger partial charge in [-0.3, -0.25) is 4.40 Å². The summed E-state index contributed by atoms with van der Waals surface area (Å²) in [6.07, 6.45) is 0.826. The van der Waals surface area contributed by atoms with Gasteiger partial charge < -0.3 is 4.74 Å². The number of fused-ring (bicyclic) bond motifs is 8. The highest BCUT2D eigenvalue weighted by molar-refractivity contribution is 5.95. The average molecular weight is 336 g/mol. The van der Waals surface area contributed by atoms with E-state index in [9.17, 15) is 0 Å². The lowest BCUT2D eigenvalue weighted by Gasteiger charge is -2.19. The first-order chi connectivity index (χ1) is 12.8. The lowest BCUT2D eigenvalue weighted by atomic mass is 9.98. The van der Waals surface area contributed by atoms with Crippen molar-refractivity contribution in [1.82, 2.24) is 9.38 Å². The van der Waals surface area contributed by atoms with Crippen molar-refractivity contribution in [2.75, 3.05) is 0 Å². The summed E-state index contributed by atoms with van der Waals surface area (Å²) < 4.78 is 8.49. The first-order valence-electron chi connectivity index (χ1n) is 8.88. The molecule has 0 aliphatic carbocycles. The molecular formula is C23H16N2O. The molecule has 0 bridgehead atoms. The van der Waals surface area contributed by atoms with Crippen molar-refractivity contribution in [2.45, 2.75) is 13.3 Å². The van der Waals surface area contributed by atoms with Crippen LogP contribution in [0.2, 0.25) is 0 Å². The van der Waals surface area contributed by atoms with Gasteiger partial charge in [0.05, 0.1) is 5.69 Å². The summed E-state index contributed by atoms with van der Waals surface area (Å²) in [6.45, 7) is 2.14. The van der Waals surface area contributed by atoms with Gasteiger partial charge in [-0.1, -0.05) is 54.6 Å². The number of pyridine rings is 1. The predicted molar refractivity (Wildman–Crippen MR) is 104 cm³/mol. The van der Waals surface area contributed by atoms with Gasteiger partial charge >= 0.3 is 0 Å². The van der Waals surface area contributed by atoms with Crippen molar-refractivity contribution in [3.05, 3.63) is 83.7 Å². The molecule has 6 rings (SSSR count). The number of imidazole rings is 1. The highest BCUT2D eigenvalue weighted by atomic mass is 16.5. The maximum atomic E-state index is 6.24. The Labute approximate surface area is 150 Å². The van der Waals surface area contributed by atoms with Gasteiger partial charge in [-0.05, 0) is 35.2 Å². The first-order valence-corrected chi connectivity index (χ1v) is 8.88. The fraction of sp³-hybridized carbons (Fsp3) is 0.0870. The van der Waals surface area contributed by atoms with E-state index in [1.165, 1.54) is 27.4 Å². The fourth-order valence-corrected chi connectivity index (χ4v) is 4.21. The van der Waals surface area contributed by atoms with Crippen molar-refractivity contribution in [3.8, 4) is 11.6 Å². The van der Waals surface area contributed by atoms with E-state index in [1.807, 2.05) is 0 Å². The number of benzene rings is 3. The van der Waals surface area contributed by atoms with Crippen LogP contribution in [0.25, 0.3) is 27.2 Å². The maximum Gasteiger partial charge on any atom is 0.241 e. The molecule has 26 heavy (non-hydrogen) atoms. The van der Waals surface area contributed by atoms with Crippen LogP contribution >= 0.6 is 0 Å². The van der Waals surface area contributed by atoms with Gasteiger partial charge in [0.2, 0.25) is 5.88 Å². The van der Waals surface area contributed by atoms with Crippen molar-refractivity contribution in [2.24, 2.45) is 0 Å². The number of aryl methyl sites for hydroxylation is 1. The zero-order chi connectivity index (χ0) is 17.3. The van der Waals surface area contributed by atoms with Crippen molar-refractivity contribution < 1.29 is 4.74 Å². The van der Waals surface area contributed by atoms with E-state index in [4.69, 9.17) is 9.72 Å². The van der Waals surface area contributed by atoms with E-state index < -0.39 is 0 Å². The fourth-order valence-electron chi connectivity index (χ4n) is 4.21. The van der Waals surface area contributed by atoms with Gasteiger partial charge in [-0.2, -0.15) is 4.98 Å². The third-order valence-corrected chi connectivity index (χ3v) is 5.40. The molecule has 0 saturated carbocycles. The summed E-state index contributed by atoms with van der Waals surface area (Å²) in [5, 5.41) is 4.87. The van der Waals surface area contributed by atoms with Gasteiger partial charge in [0.25, 0.3) is 0 Å². The van der Waals surface area contributed by atoms with Crippen LogP contribution in [0.15, 0.2) is 66.7 Å². The van der Waals surface area contributed by atoms with Crippen LogP contribution < -0.4 is 4.74 Å². The molecule has 0 N–H and O–H groups in total. The molecule has 3 heteroatoms. The number of hydrogen-bond donors (Lipinski definition) is 0. The summed E-state index contributed by atoms with van der Waals surface area (Å²) in [5.74, 6) is 1.65. The SMILES string of the molecule is Cc1cc2ccccc2c2nc3c(n12)Cc1c(ccc2ccccc12)O3. The van der Waals surface area contributed by atoms with Gasteiger partial charge in [-0.15, -0.1) is 0 Å². The molecule has 5 aromatic rings. The molecule has 1 aliphatic heterocycles. The molecule has 0 unspecified atom stereocenters. The minimum absolute atomic E-state index is 0.729. The van der Waals surface area contributed by atoms with Crippen molar-refractivity contribution >= 4 is 27.2 Å². The van der Waals surface area contributed by atoms with E-state index in [-0.39, 0.29) is 0 Å². The van der Waals surface area contributed by atoms with Gasteiger partial charge in [-0.25, -0.2) is 0 Å². The average Bonchev–Trinajstić information content (AvgIpc) is 3.05. The number of nitrogens with zero attached hydrogens (tertiary/aromatic N) is 2. The Hall–Kier alpha value is -3.33. The molecule has 0 radical (unpaired) electrons. The van der Waals surface area contributed by atoms with Crippen LogP contribution in [0, 0.1) is 6.92 Å². The van der Waals surface area contributed by atoms with Gasteiger partial charge in [0.1, 0.15) is 11.4 Å². The summed E-state index contributed by atoms with van der Waals surface area (Å²) in [7, 11) is 0. The Bertz CT molecular complexity index is 1350. The minimum atomic E-state index is 0.729. The third-order valence-electron chi connectivity index (χ3n) is 5.40. The molecule has 2 aromatic heterocycles. The number of aromatic nitrogens is 2. The Kier molecular flexibility index (Phi) is 2.60. The number of hydrogen-bond acceptors (Lipinski definition) is 2. The van der Waals surface area contributed by atoms with E-state index >= 15 is 0 Å². The largest absolute Gasteiger partial charge is 0.437 e. The minimum Gasteiger partial charge on any atom is -0.437 e. The normalized spacial score (nSPS) is 13.0. The molecule has 3 aromatic carbocycles. The molecule has 0 spiro atoms. The first kappa shape index (κ1) is 13.9. The molecule has 0 atom stereocenters. The second-order valence-corrected chi connectivity index (χ2v) is 6.94. The maximum absolute atomic E-state index is 6.24. The van der Waals surface area contributed by atoms with E-state index in [2.05, 4.69) is 78.1 Å². The van der Waals surface area contributed by atoms with E-state index in [0.717, 1.165) is 34.8 Å². The second kappa shape index (κ2) is 4.85. The molecule has 0 fully saturated rings. The standard InChI is InChI=1S/C23H16N2O/c1-14-12-16-7-3-5-9-18(16)22-24-23-20(25(14)22)13-19-17-8-4-2-6-15(17)10-11-21(19)26-23/h2-12H,13H2,1H3. The highest BCUT2D eigenvalue weighted by Crippen LogP contribution is 2.41. The summed E-state index contributed by atoms with van der Waals surface area (Å²) in [5.41, 5.74) is 4.53. The van der Waals surface area contributed by atoms with Gasteiger partial charge in [0.15, 0.2) is 0 Å². The molecule has 3 nitrogen and oxygen atoms in total. The number of ether oxygens (including phenoxy) is 1. The van der Waals surface area contributed by atoms with Gasteiger partial charge in [0, 0.05) is 23.1 Å². The molecular weight excluding hydrogens is 320 g/mol. The third kappa shape index (κ3) is 1.75. The van der Waals surface area contributed by atoms with Crippen LogP contribution in [-0.4, -0.2) is 9.38 Å². The van der Waals surface area contributed by atoms with Crippen molar-refractivity contribution in [1.29, 1.82) is 0 Å². The van der Waals surface area contributed by atoms with Crippen LogP contribution in [0.5, 0.6) is 11.6 Å². The van der Waals surface area contributed by atoms with E-state index in [1.54, 1.807) is 0 Å². The zero-order valence-electron chi connectivity index (χ0n) is 14.4. The monoisotopic (exact) mass is 336 g/mol. The quantitative estimate of drug-likeness (QED) is 0.358. The second-order valence-electron chi connectivity index (χ2n) is 6.94. The van der Waals surface area contributed by atoms with E-state index in [0.29, 0.717) is 0 Å². The Balaban J connectivity index is 1.68. The topological polar surface area (TPSA) is 26.5 Å². The molecule has 1 aliphatic rings. The van der Waals surface area contributed by atoms with Crippen molar-refractivity contribution in [3.63, 3.8) is 0 Å². The zero-order valence-corrected chi connectivity index (χ0v) is 14.4. The van der Waals surface area contributed by atoms with Crippen LogP contribution in [0.3, 0.4) is 0 Å². The Morgan fingerprint density at radius 3 is 2.54 bits per heavy atom. The summed E-state index contributed by atoms with van der Waals surface area (Å²) in [4.78, 5) is 4.86. The number of rotatable bonds is 0. The van der Waals surface area contributed by atoms with Crippen LogP contribution in [0.1, 0.15) is 17.0 Å². The Morgan fingerprint density at radius 1 is 0.885 bits per heavy atom. The lowest BCUT2D eigenvalue weighted by molar-refractivity contribution is 0.444. The Morgan fingerprint density at radius 2 is 1.65 bits per heavy atom. The highest BCUT2D eigenvalue weighted by Gasteiger charge is 2.25. The summed E-state index contributed by atoms with van der Waals surface area (Å²) >= 11 is 0. The molecule has 124 valence electrons.